The van der Waals surface area contributed by atoms with Crippen molar-refractivity contribution < 1.29 is 5.11 Å². The summed E-state index contributed by atoms with van der Waals surface area (Å²) in [6, 6.07) is 15.2. The first-order valence-corrected chi connectivity index (χ1v) is 5.59. The van der Waals surface area contributed by atoms with Crippen molar-refractivity contribution in [3.63, 3.8) is 0 Å². The topological polar surface area (TPSA) is 58.3 Å². The molecule has 0 fully saturated rings. The second kappa shape index (κ2) is 5.37. The number of phenolic OH excluding ortho intramolecular Hbond substituents is 1. The molecule has 0 aromatic heterocycles. The van der Waals surface area contributed by atoms with Crippen LogP contribution < -0.4 is 11.1 Å². The molecular formula is C14H16N2O. The molecule has 2 aromatic rings. The number of rotatable bonds is 4. The van der Waals surface area contributed by atoms with Crippen LogP contribution in [-0.2, 0) is 13.1 Å². The Hall–Kier alpha value is -2.00. The van der Waals surface area contributed by atoms with Gasteiger partial charge in [0.05, 0.1) is 0 Å². The molecule has 88 valence electrons. The van der Waals surface area contributed by atoms with Gasteiger partial charge in [-0.05, 0) is 23.3 Å². The summed E-state index contributed by atoms with van der Waals surface area (Å²) in [6.45, 7) is 1.28. The molecule has 0 bridgehead atoms. The molecule has 0 atom stereocenters. The number of nitrogens with one attached hydrogen (secondary N) is 1. The Morgan fingerprint density at radius 3 is 2.53 bits per heavy atom. The van der Waals surface area contributed by atoms with Gasteiger partial charge in [0.2, 0.25) is 0 Å². The van der Waals surface area contributed by atoms with Gasteiger partial charge in [0.25, 0.3) is 0 Å². The van der Waals surface area contributed by atoms with Gasteiger partial charge in [0.1, 0.15) is 5.75 Å². The Balaban J connectivity index is 2.02. The SMILES string of the molecule is NCc1cccc(CNc2cccc(O)c2)c1. The van der Waals surface area contributed by atoms with Gasteiger partial charge in [0, 0.05) is 24.8 Å². The van der Waals surface area contributed by atoms with E-state index in [0.717, 1.165) is 17.8 Å². The maximum Gasteiger partial charge on any atom is 0.117 e. The molecule has 17 heavy (non-hydrogen) atoms. The smallest absolute Gasteiger partial charge is 0.117 e. The monoisotopic (exact) mass is 228 g/mol. The molecule has 2 rings (SSSR count). The van der Waals surface area contributed by atoms with E-state index in [1.165, 1.54) is 5.56 Å². The van der Waals surface area contributed by atoms with E-state index >= 15 is 0 Å². The maximum atomic E-state index is 9.34. The summed E-state index contributed by atoms with van der Waals surface area (Å²) in [4.78, 5) is 0. The first-order chi connectivity index (χ1) is 8.28. The summed E-state index contributed by atoms with van der Waals surface area (Å²) in [5, 5.41) is 12.6. The predicted molar refractivity (Wildman–Crippen MR) is 69.8 cm³/mol. The van der Waals surface area contributed by atoms with Crippen molar-refractivity contribution in [2.45, 2.75) is 13.1 Å². The summed E-state index contributed by atoms with van der Waals surface area (Å²) >= 11 is 0. The summed E-state index contributed by atoms with van der Waals surface area (Å²) in [5.74, 6) is 0.269. The highest BCUT2D eigenvalue weighted by Gasteiger charge is 1.96. The van der Waals surface area contributed by atoms with Gasteiger partial charge in [-0.1, -0.05) is 30.3 Å². The highest BCUT2D eigenvalue weighted by Crippen LogP contribution is 2.16. The lowest BCUT2D eigenvalue weighted by molar-refractivity contribution is 0.475. The summed E-state index contributed by atoms with van der Waals surface area (Å²) in [7, 11) is 0. The molecule has 3 nitrogen and oxygen atoms in total. The van der Waals surface area contributed by atoms with Crippen molar-refractivity contribution in [3.05, 3.63) is 59.7 Å². The Bertz CT molecular complexity index is 497. The van der Waals surface area contributed by atoms with Crippen LogP contribution in [0, 0.1) is 0 Å². The van der Waals surface area contributed by atoms with Crippen molar-refractivity contribution in [1.29, 1.82) is 0 Å². The summed E-state index contributed by atoms with van der Waals surface area (Å²) in [6.07, 6.45) is 0. The third-order valence-electron chi connectivity index (χ3n) is 2.57. The van der Waals surface area contributed by atoms with E-state index in [2.05, 4.69) is 17.4 Å². The molecule has 0 heterocycles. The lowest BCUT2D eigenvalue weighted by atomic mass is 10.1. The normalized spacial score (nSPS) is 10.2. The molecule has 4 N–H and O–H groups in total. The second-order valence-corrected chi connectivity index (χ2v) is 3.93. The lowest BCUT2D eigenvalue weighted by Gasteiger charge is -2.08. The molecule has 0 aliphatic carbocycles. The number of benzene rings is 2. The van der Waals surface area contributed by atoms with Gasteiger partial charge >= 0.3 is 0 Å². The Kier molecular flexibility index (Phi) is 3.62. The maximum absolute atomic E-state index is 9.34. The van der Waals surface area contributed by atoms with E-state index in [9.17, 15) is 5.11 Å². The zero-order chi connectivity index (χ0) is 12.1. The fraction of sp³-hybridized carbons (Fsp3) is 0.143. The molecule has 0 saturated heterocycles. The van der Waals surface area contributed by atoms with Gasteiger partial charge < -0.3 is 16.2 Å². The highest BCUT2D eigenvalue weighted by atomic mass is 16.3. The number of phenols is 1. The number of aromatic hydroxyl groups is 1. The van der Waals surface area contributed by atoms with Gasteiger partial charge in [-0.15, -0.1) is 0 Å². The van der Waals surface area contributed by atoms with E-state index in [0.29, 0.717) is 6.54 Å². The number of nitrogens with two attached hydrogens (primary N) is 1. The standard InChI is InChI=1S/C14H16N2O/c15-9-11-3-1-4-12(7-11)10-16-13-5-2-6-14(17)8-13/h1-8,16-17H,9-10,15H2. The minimum atomic E-state index is 0.269. The average molecular weight is 228 g/mol. The molecule has 0 saturated carbocycles. The van der Waals surface area contributed by atoms with Crippen LogP contribution in [0.4, 0.5) is 5.69 Å². The van der Waals surface area contributed by atoms with E-state index in [1.807, 2.05) is 24.3 Å². The van der Waals surface area contributed by atoms with Gasteiger partial charge in [0.15, 0.2) is 0 Å². The van der Waals surface area contributed by atoms with E-state index < -0.39 is 0 Å². The van der Waals surface area contributed by atoms with Crippen LogP contribution in [0.25, 0.3) is 0 Å². The van der Waals surface area contributed by atoms with Crippen LogP contribution >= 0.6 is 0 Å². The first-order valence-electron chi connectivity index (χ1n) is 5.59. The van der Waals surface area contributed by atoms with Crippen LogP contribution in [0.15, 0.2) is 48.5 Å². The average Bonchev–Trinajstić information content (AvgIpc) is 2.37. The number of hydrogen-bond acceptors (Lipinski definition) is 3. The third-order valence-corrected chi connectivity index (χ3v) is 2.57. The van der Waals surface area contributed by atoms with Crippen molar-refractivity contribution in [2.75, 3.05) is 5.32 Å². The lowest BCUT2D eigenvalue weighted by Crippen LogP contribution is -2.01. The largest absolute Gasteiger partial charge is 0.508 e. The molecule has 0 spiro atoms. The van der Waals surface area contributed by atoms with Crippen LogP contribution in [0.3, 0.4) is 0 Å². The van der Waals surface area contributed by atoms with Gasteiger partial charge in [-0.2, -0.15) is 0 Å². The molecule has 0 aliphatic heterocycles. The van der Waals surface area contributed by atoms with Crippen LogP contribution in [0.5, 0.6) is 5.75 Å². The Morgan fingerprint density at radius 2 is 1.76 bits per heavy atom. The Labute approximate surface area is 101 Å². The fourth-order valence-electron chi connectivity index (χ4n) is 1.69. The number of hydrogen-bond donors (Lipinski definition) is 3. The van der Waals surface area contributed by atoms with Crippen LogP contribution in [-0.4, -0.2) is 5.11 Å². The summed E-state index contributed by atoms with van der Waals surface area (Å²) < 4.78 is 0. The van der Waals surface area contributed by atoms with E-state index in [1.54, 1.807) is 12.1 Å². The molecule has 3 heteroatoms. The molecule has 0 aliphatic rings. The van der Waals surface area contributed by atoms with E-state index in [4.69, 9.17) is 5.73 Å². The van der Waals surface area contributed by atoms with Crippen LogP contribution in [0.2, 0.25) is 0 Å². The minimum absolute atomic E-state index is 0.269. The number of anilines is 1. The highest BCUT2D eigenvalue weighted by molar-refractivity contribution is 5.48. The molecule has 0 radical (unpaired) electrons. The van der Waals surface area contributed by atoms with Gasteiger partial charge in [-0.3, -0.25) is 0 Å². The first kappa shape index (κ1) is 11.5. The fourth-order valence-corrected chi connectivity index (χ4v) is 1.69. The molecular weight excluding hydrogens is 212 g/mol. The zero-order valence-electron chi connectivity index (χ0n) is 9.56. The predicted octanol–water partition coefficient (Wildman–Crippen LogP) is 2.46. The minimum Gasteiger partial charge on any atom is -0.508 e. The molecule has 2 aromatic carbocycles. The quantitative estimate of drug-likeness (QED) is 0.753. The van der Waals surface area contributed by atoms with Crippen molar-refractivity contribution in [1.82, 2.24) is 0 Å². The Morgan fingerprint density at radius 1 is 1.00 bits per heavy atom. The van der Waals surface area contributed by atoms with E-state index in [-0.39, 0.29) is 5.75 Å². The van der Waals surface area contributed by atoms with Crippen molar-refractivity contribution in [3.8, 4) is 5.75 Å². The molecule has 0 unspecified atom stereocenters. The van der Waals surface area contributed by atoms with Gasteiger partial charge in [-0.25, -0.2) is 0 Å². The zero-order valence-corrected chi connectivity index (χ0v) is 9.56. The summed E-state index contributed by atoms with van der Waals surface area (Å²) in [5.41, 5.74) is 8.80. The second-order valence-electron chi connectivity index (χ2n) is 3.93. The van der Waals surface area contributed by atoms with Crippen molar-refractivity contribution in [2.24, 2.45) is 5.73 Å². The third kappa shape index (κ3) is 3.23. The molecule has 0 amide bonds. The van der Waals surface area contributed by atoms with Crippen LogP contribution in [0.1, 0.15) is 11.1 Å². The van der Waals surface area contributed by atoms with Crippen molar-refractivity contribution >= 4 is 5.69 Å².